The highest BCUT2D eigenvalue weighted by Gasteiger charge is 2.37. The van der Waals surface area contributed by atoms with Crippen LogP contribution in [0.4, 0.5) is 11.5 Å². The van der Waals surface area contributed by atoms with Gasteiger partial charge in [0.2, 0.25) is 5.82 Å². The molecule has 2 N–H and O–H groups in total. The molecule has 1 aromatic heterocycles. The fraction of sp³-hybridized carbons (Fsp3) is 0.455. The predicted octanol–water partition coefficient (Wildman–Crippen LogP) is 1.57. The molecule has 1 heterocycles. The van der Waals surface area contributed by atoms with Crippen molar-refractivity contribution in [3.05, 3.63) is 27.9 Å². The molecule has 1 aliphatic carbocycles. The molecule has 7 nitrogen and oxygen atoms in total. The summed E-state index contributed by atoms with van der Waals surface area (Å²) >= 11 is 0. The molecule has 1 saturated carbocycles. The van der Waals surface area contributed by atoms with Crippen molar-refractivity contribution >= 4 is 17.5 Å². The van der Waals surface area contributed by atoms with Gasteiger partial charge in [0.15, 0.2) is 0 Å². The third kappa shape index (κ3) is 2.39. The monoisotopic (exact) mass is 251 g/mol. The van der Waals surface area contributed by atoms with E-state index in [0.29, 0.717) is 5.56 Å². The van der Waals surface area contributed by atoms with Crippen molar-refractivity contribution in [1.82, 2.24) is 4.98 Å². The Labute approximate surface area is 103 Å². The zero-order valence-electron chi connectivity index (χ0n) is 9.79. The van der Waals surface area contributed by atoms with Gasteiger partial charge in [0, 0.05) is 11.8 Å². The van der Waals surface area contributed by atoms with Crippen LogP contribution < -0.4 is 5.32 Å². The molecule has 0 amide bonds. The number of carbonyl (C=O) groups is 1. The Bertz CT molecular complexity index is 499. The highest BCUT2D eigenvalue weighted by atomic mass is 16.6. The summed E-state index contributed by atoms with van der Waals surface area (Å²) < 4.78 is 0. The Hall–Kier alpha value is -2.18. The van der Waals surface area contributed by atoms with E-state index >= 15 is 0 Å². The van der Waals surface area contributed by atoms with Gasteiger partial charge in [0.1, 0.15) is 6.04 Å². The summed E-state index contributed by atoms with van der Waals surface area (Å²) in [5.74, 6) is -0.946. The van der Waals surface area contributed by atoms with E-state index < -0.39 is 16.9 Å². The first-order chi connectivity index (χ1) is 8.50. The molecule has 0 aromatic carbocycles. The second kappa shape index (κ2) is 4.59. The van der Waals surface area contributed by atoms with E-state index in [4.69, 9.17) is 5.11 Å². The van der Waals surface area contributed by atoms with E-state index in [9.17, 15) is 14.9 Å². The lowest BCUT2D eigenvalue weighted by Crippen LogP contribution is -2.32. The molecule has 0 spiro atoms. The smallest absolute Gasteiger partial charge is 0.326 e. The maximum Gasteiger partial charge on any atom is 0.326 e. The third-order valence-corrected chi connectivity index (χ3v) is 2.96. The topological polar surface area (TPSA) is 105 Å². The summed E-state index contributed by atoms with van der Waals surface area (Å²) in [5.41, 5.74) is 0.293. The lowest BCUT2D eigenvalue weighted by atomic mass is 10.1. The fourth-order valence-electron chi connectivity index (χ4n) is 1.84. The molecule has 7 heteroatoms. The van der Waals surface area contributed by atoms with Gasteiger partial charge in [-0.1, -0.05) is 0 Å². The summed E-state index contributed by atoms with van der Waals surface area (Å²) in [6.45, 7) is 1.60. The first-order valence-electron chi connectivity index (χ1n) is 5.60. The van der Waals surface area contributed by atoms with Crippen LogP contribution in [-0.2, 0) is 4.79 Å². The van der Waals surface area contributed by atoms with Gasteiger partial charge in [0.05, 0.1) is 4.92 Å². The van der Waals surface area contributed by atoms with Gasteiger partial charge in [-0.25, -0.2) is 9.78 Å². The quantitative estimate of drug-likeness (QED) is 0.607. The molecule has 0 saturated heterocycles. The van der Waals surface area contributed by atoms with Crippen molar-refractivity contribution in [2.24, 2.45) is 5.92 Å². The Balaban J connectivity index is 2.30. The van der Waals surface area contributed by atoms with Crippen LogP contribution in [0, 0.1) is 23.0 Å². The molecular weight excluding hydrogens is 238 g/mol. The normalized spacial score (nSPS) is 16.1. The molecule has 18 heavy (non-hydrogen) atoms. The van der Waals surface area contributed by atoms with Crippen LogP contribution in [0.5, 0.6) is 0 Å². The molecule has 0 bridgehead atoms. The van der Waals surface area contributed by atoms with Gasteiger partial charge in [-0.15, -0.1) is 0 Å². The SMILES string of the molecule is Cc1ccnc(NC(C(=O)O)C2CC2)c1[N+](=O)[O-]. The van der Waals surface area contributed by atoms with Crippen LogP contribution in [-0.4, -0.2) is 27.0 Å². The van der Waals surface area contributed by atoms with Gasteiger partial charge in [-0.05, 0) is 31.7 Å². The van der Waals surface area contributed by atoms with E-state index in [2.05, 4.69) is 10.3 Å². The number of aromatic nitrogens is 1. The number of nitrogens with one attached hydrogen (secondary N) is 1. The zero-order chi connectivity index (χ0) is 13.3. The van der Waals surface area contributed by atoms with Crippen molar-refractivity contribution in [3.8, 4) is 0 Å². The lowest BCUT2D eigenvalue weighted by Gasteiger charge is -2.14. The highest BCUT2D eigenvalue weighted by Crippen LogP contribution is 2.36. The minimum atomic E-state index is -1.00. The number of hydrogen-bond acceptors (Lipinski definition) is 5. The van der Waals surface area contributed by atoms with Gasteiger partial charge in [-0.3, -0.25) is 10.1 Å². The first-order valence-corrected chi connectivity index (χ1v) is 5.60. The molecule has 96 valence electrons. The molecular formula is C11H13N3O4. The number of pyridine rings is 1. The summed E-state index contributed by atoms with van der Waals surface area (Å²) in [4.78, 5) is 25.4. The number of nitrogens with zero attached hydrogens (tertiary/aromatic N) is 2. The third-order valence-electron chi connectivity index (χ3n) is 2.96. The van der Waals surface area contributed by atoms with Crippen LogP contribution in [0.1, 0.15) is 18.4 Å². The predicted molar refractivity (Wildman–Crippen MR) is 63.4 cm³/mol. The van der Waals surface area contributed by atoms with Gasteiger partial charge in [0.25, 0.3) is 0 Å². The summed E-state index contributed by atoms with van der Waals surface area (Å²) in [6.07, 6.45) is 3.07. The Morgan fingerprint density at radius 2 is 2.33 bits per heavy atom. The maximum absolute atomic E-state index is 11.1. The maximum atomic E-state index is 11.1. The van der Waals surface area contributed by atoms with E-state index in [1.165, 1.54) is 12.3 Å². The minimum Gasteiger partial charge on any atom is -0.480 e. The van der Waals surface area contributed by atoms with Crippen molar-refractivity contribution < 1.29 is 14.8 Å². The van der Waals surface area contributed by atoms with E-state index in [1.54, 1.807) is 6.92 Å². The number of carboxylic acid groups (broad SMARTS) is 1. The van der Waals surface area contributed by atoms with Gasteiger partial charge in [-0.2, -0.15) is 0 Å². The molecule has 0 radical (unpaired) electrons. The standard InChI is InChI=1S/C11H13N3O4/c1-6-4-5-12-10(9(6)14(17)18)13-8(11(15)16)7-2-3-7/h4-5,7-8H,2-3H2,1H3,(H,12,13)(H,15,16). The first kappa shape index (κ1) is 12.3. The van der Waals surface area contributed by atoms with Crippen molar-refractivity contribution in [1.29, 1.82) is 0 Å². The Morgan fingerprint density at radius 3 is 2.83 bits per heavy atom. The van der Waals surface area contributed by atoms with E-state index in [1.807, 2.05) is 0 Å². The number of nitro groups is 1. The van der Waals surface area contributed by atoms with Crippen molar-refractivity contribution in [3.63, 3.8) is 0 Å². The second-order valence-electron chi connectivity index (χ2n) is 4.38. The zero-order valence-corrected chi connectivity index (χ0v) is 9.79. The number of carboxylic acids is 1. The van der Waals surface area contributed by atoms with Crippen molar-refractivity contribution in [2.75, 3.05) is 5.32 Å². The largest absolute Gasteiger partial charge is 0.480 e. The Kier molecular flexibility index (Phi) is 3.14. The minimum absolute atomic E-state index is 0.0271. The second-order valence-corrected chi connectivity index (χ2v) is 4.38. The van der Waals surface area contributed by atoms with Crippen LogP contribution in [0.2, 0.25) is 0 Å². The molecule has 1 fully saturated rings. The van der Waals surface area contributed by atoms with Gasteiger partial charge >= 0.3 is 11.7 Å². The van der Waals surface area contributed by atoms with E-state index in [0.717, 1.165) is 12.8 Å². The number of aryl methyl sites for hydroxylation is 1. The average Bonchev–Trinajstić information content (AvgIpc) is 3.08. The lowest BCUT2D eigenvalue weighted by molar-refractivity contribution is -0.384. The summed E-state index contributed by atoms with van der Waals surface area (Å²) in [7, 11) is 0. The average molecular weight is 251 g/mol. The number of hydrogen-bond donors (Lipinski definition) is 2. The summed E-state index contributed by atoms with van der Waals surface area (Å²) in [6, 6.07) is 0.717. The number of rotatable bonds is 5. The summed E-state index contributed by atoms with van der Waals surface area (Å²) in [5, 5.41) is 22.7. The van der Waals surface area contributed by atoms with E-state index in [-0.39, 0.29) is 17.4 Å². The molecule has 1 aliphatic rings. The fourth-order valence-corrected chi connectivity index (χ4v) is 1.84. The number of aliphatic carboxylic acids is 1. The van der Waals surface area contributed by atoms with Crippen molar-refractivity contribution in [2.45, 2.75) is 25.8 Å². The molecule has 0 aliphatic heterocycles. The molecule has 2 rings (SSSR count). The molecule has 1 aromatic rings. The van der Waals surface area contributed by atoms with Crippen LogP contribution in [0.3, 0.4) is 0 Å². The molecule has 1 unspecified atom stereocenters. The van der Waals surface area contributed by atoms with Crippen LogP contribution >= 0.6 is 0 Å². The number of anilines is 1. The van der Waals surface area contributed by atoms with Crippen LogP contribution in [0.15, 0.2) is 12.3 Å². The Morgan fingerprint density at radius 1 is 1.67 bits per heavy atom. The van der Waals surface area contributed by atoms with Crippen LogP contribution in [0.25, 0.3) is 0 Å². The van der Waals surface area contributed by atoms with Gasteiger partial charge < -0.3 is 10.4 Å². The molecule has 1 atom stereocenters. The highest BCUT2D eigenvalue weighted by molar-refractivity contribution is 5.79.